The molecule has 1 N–H and O–H groups in total. The minimum atomic E-state index is -3.84. The van der Waals surface area contributed by atoms with Crippen molar-refractivity contribution in [1.82, 2.24) is 5.32 Å². The summed E-state index contributed by atoms with van der Waals surface area (Å²) in [4.78, 5) is 13.0. The highest BCUT2D eigenvalue weighted by molar-refractivity contribution is 7.92. The molecule has 4 rings (SSSR count). The van der Waals surface area contributed by atoms with E-state index >= 15 is 0 Å². The maximum Gasteiger partial charge on any atom is 0.264 e. The summed E-state index contributed by atoms with van der Waals surface area (Å²) in [5.74, 6) is 0.590. The Morgan fingerprint density at radius 3 is 2.38 bits per heavy atom. The Hall–Kier alpha value is -3.52. The summed E-state index contributed by atoms with van der Waals surface area (Å²) in [6.45, 7) is 0. The lowest BCUT2D eigenvalue weighted by Crippen LogP contribution is -2.31. The molecule has 34 heavy (non-hydrogen) atoms. The second kappa shape index (κ2) is 9.77. The molecule has 0 fully saturated rings. The summed E-state index contributed by atoms with van der Waals surface area (Å²) in [5.41, 5.74) is 3.36. The molecule has 1 amide bonds. The van der Waals surface area contributed by atoms with Gasteiger partial charge in [-0.3, -0.25) is 9.10 Å². The third-order valence-corrected chi connectivity index (χ3v) is 7.96. The number of fused-ring (bicyclic) bond motifs is 1. The highest BCUT2D eigenvalue weighted by Crippen LogP contribution is 2.32. The highest BCUT2D eigenvalue weighted by atomic mass is 32.2. The van der Waals surface area contributed by atoms with Crippen molar-refractivity contribution in [3.8, 4) is 11.5 Å². The summed E-state index contributed by atoms with van der Waals surface area (Å²) in [7, 11) is 0.572. The van der Waals surface area contributed by atoms with Gasteiger partial charge in [0.05, 0.1) is 30.8 Å². The molecule has 0 spiro atoms. The van der Waals surface area contributed by atoms with Crippen LogP contribution in [0.25, 0.3) is 0 Å². The summed E-state index contributed by atoms with van der Waals surface area (Å²) in [6, 6.07) is 19.1. The number of rotatable bonds is 7. The smallest absolute Gasteiger partial charge is 0.264 e. The minimum absolute atomic E-state index is 0.0229. The lowest BCUT2D eigenvalue weighted by Gasteiger charge is -2.26. The molecule has 0 bridgehead atoms. The molecule has 3 aromatic carbocycles. The highest BCUT2D eigenvalue weighted by Gasteiger charge is 2.24. The second-order valence-electron chi connectivity index (χ2n) is 8.15. The number of carbonyl (C=O) groups is 1. The number of hydrogen-bond donors (Lipinski definition) is 1. The number of benzene rings is 3. The van der Waals surface area contributed by atoms with Crippen LogP contribution in [0.3, 0.4) is 0 Å². The van der Waals surface area contributed by atoms with Crippen molar-refractivity contribution in [3.63, 3.8) is 0 Å². The van der Waals surface area contributed by atoms with Gasteiger partial charge in [0, 0.05) is 18.7 Å². The minimum Gasteiger partial charge on any atom is -0.493 e. The van der Waals surface area contributed by atoms with Crippen LogP contribution in [0.15, 0.2) is 71.6 Å². The molecular formula is C26H28N2O5S. The van der Waals surface area contributed by atoms with Gasteiger partial charge in [0.1, 0.15) is 0 Å². The van der Waals surface area contributed by atoms with Crippen LogP contribution in [0.4, 0.5) is 5.69 Å². The molecule has 0 unspecified atom stereocenters. The molecule has 0 radical (unpaired) electrons. The van der Waals surface area contributed by atoms with Crippen molar-refractivity contribution in [2.75, 3.05) is 25.6 Å². The number of nitrogens with one attached hydrogen (secondary N) is 1. The van der Waals surface area contributed by atoms with Crippen molar-refractivity contribution in [2.45, 2.75) is 30.2 Å². The van der Waals surface area contributed by atoms with Gasteiger partial charge in [-0.05, 0) is 66.8 Å². The Kier molecular flexibility index (Phi) is 6.79. The van der Waals surface area contributed by atoms with Crippen molar-refractivity contribution in [1.29, 1.82) is 0 Å². The molecule has 0 heterocycles. The number of sulfonamides is 1. The summed E-state index contributed by atoms with van der Waals surface area (Å²) < 4.78 is 37.9. The average molecular weight is 481 g/mol. The third-order valence-electron chi connectivity index (χ3n) is 6.18. The summed E-state index contributed by atoms with van der Waals surface area (Å²) in [6.07, 6.45) is 2.95. The molecule has 0 aromatic heterocycles. The SMILES string of the molecule is COc1ccc(S(=O)(=O)N(C)c2ccc(C(=O)N[C@H]3CCCc4ccccc43)cc2)cc1OC. The number of aryl methyl sites for hydroxylation is 1. The molecule has 8 heteroatoms. The number of hydrogen-bond acceptors (Lipinski definition) is 5. The van der Waals surface area contributed by atoms with Gasteiger partial charge in [-0.25, -0.2) is 8.42 Å². The normalized spacial score (nSPS) is 15.2. The lowest BCUT2D eigenvalue weighted by atomic mass is 9.87. The molecule has 178 valence electrons. The second-order valence-corrected chi connectivity index (χ2v) is 10.1. The number of methoxy groups -OCH3 is 2. The maximum atomic E-state index is 13.1. The van der Waals surface area contributed by atoms with Crippen molar-refractivity contribution in [2.24, 2.45) is 0 Å². The van der Waals surface area contributed by atoms with Crippen molar-refractivity contribution in [3.05, 3.63) is 83.4 Å². The fourth-order valence-electron chi connectivity index (χ4n) is 4.24. The van der Waals surface area contributed by atoms with E-state index in [0.29, 0.717) is 22.7 Å². The zero-order chi connectivity index (χ0) is 24.3. The zero-order valence-corrected chi connectivity index (χ0v) is 20.3. The zero-order valence-electron chi connectivity index (χ0n) is 19.4. The van der Waals surface area contributed by atoms with Crippen molar-refractivity contribution < 1.29 is 22.7 Å². The largest absolute Gasteiger partial charge is 0.493 e. The predicted octanol–water partition coefficient (Wildman–Crippen LogP) is 4.34. The van der Waals surface area contributed by atoms with Gasteiger partial charge < -0.3 is 14.8 Å². The Balaban J connectivity index is 1.50. The number of anilines is 1. The van der Waals surface area contributed by atoms with E-state index in [1.165, 1.54) is 48.8 Å². The maximum absolute atomic E-state index is 13.1. The Morgan fingerprint density at radius 1 is 0.971 bits per heavy atom. The van der Waals surface area contributed by atoms with Crippen LogP contribution in [0.1, 0.15) is 40.4 Å². The van der Waals surface area contributed by atoms with E-state index in [1.807, 2.05) is 12.1 Å². The predicted molar refractivity (Wildman–Crippen MR) is 131 cm³/mol. The van der Waals surface area contributed by atoms with Crippen LogP contribution in [0, 0.1) is 0 Å². The third kappa shape index (κ3) is 4.59. The van der Waals surface area contributed by atoms with Crippen LogP contribution in [0.5, 0.6) is 11.5 Å². The molecule has 1 aliphatic carbocycles. The first kappa shape index (κ1) is 23.6. The first-order valence-corrected chi connectivity index (χ1v) is 12.5. The first-order chi connectivity index (χ1) is 16.3. The lowest BCUT2D eigenvalue weighted by molar-refractivity contribution is 0.0932. The number of carbonyl (C=O) groups excluding carboxylic acids is 1. The molecule has 0 saturated heterocycles. The van der Waals surface area contributed by atoms with E-state index in [0.717, 1.165) is 19.3 Å². The standard InChI is InChI=1S/C26H28N2O5S/c1-28(34(30,31)21-15-16-24(32-2)25(17-21)33-3)20-13-11-19(12-14-20)26(29)27-23-10-6-8-18-7-4-5-9-22(18)23/h4-5,7,9,11-17,23H,6,8,10H2,1-3H3,(H,27,29)/t23-/m0/s1. The molecule has 0 aliphatic heterocycles. The van der Waals surface area contributed by atoms with Crippen LogP contribution in [-0.4, -0.2) is 35.6 Å². The molecule has 1 aliphatic rings. The topological polar surface area (TPSA) is 84.9 Å². The van der Waals surface area contributed by atoms with Gasteiger partial charge in [0.25, 0.3) is 15.9 Å². The molecule has 0 saturated carbocycles. The number of nitrogens with zero attached hydrogens (tertiary/aromatic N) is 1. The Bertz CT molecular complexity index is 1290. The fraction of sp³-hybridized carbons (Fsp3) is 0.269. The van der Waals surface area contributed by atoms with Gasteiger partial charge >= 0.3 is 0 Å². The molecular weight excluding hydrogens is 452 g/mol. The van der Waals surface area contributed by atoms with Gasteiger partial charge in [-0.1, -0.05) is 24.3 Å². The van der Waals surface area contributed by atoms with Gasteiger partial charge in [-0.2, -0.15) is 0 Å². The first-order valence-electron chi connectivity index (χ1n) is 11.0. The Morgan fingerprint density at radius 2 is 1.68 bits per heavy atom. The quantitative estimate of drug-likeness (QED) is 0.544. The van der Waals surface area contributed by atoms with E-state index in [1.54, 1.807) is 30.3 Å². The van der Waals surface area contributed by atoms with Gasteiger partial charge in [0.15, 0.2) is 11.5 Å². The van der Waals surface area contributed by atoms with Crippen molar-refractivity contribution >= 4 is 21.6 Å². The number of amides is 1. The van der Waals surface area contributed by atoms with E-state index in [4.69, 9.17) is 9.47 Å². The van der Waals surface area contributed by atoms with Crippen LogP contribution < -0.4 is 19.1 Å². The average Bonchev–Trinajstić information content (AvgIpc) is 2.88. The van der Waals surface area contributed by atoms with Gasteiger partial charge in [-0.15, -0.1) is 0 Å². The van der Waals surface area contributed by atoms with Crippen LogP contribution >= 0.6 is 0 Å². The Labute approximate surface area is 200 Å². The van der Waals surface area contributed by atoms with E-state index < -0.39 is 10.0 Å². The van der Waals surface area contributed by atoms with E-state index in [2.05, 4.69) is 17.4 Å². The van der Waals surface area contributed by atoms with E-state index in [9.17, 15) is 13.2 Å². The molecule has 3 aromatic rings. The molecule has 1 atom stereocenters. The monoisotopic (exact) mass is 480 g/mol. The van der Waals surface area contributed by atoms with E-state index in [-0.39, 0.29) is 16.8 Å². The molecule has 7 nitrogen and oxygen atoms in total. The fourth-order valence-corrected chi connectivity index (χ4v) is 5.45. The van der Waals surface area contributed by atoms with Gasteiger partial charge in [0.2, 0.25) is 0 Å². The summed E-state index contributed by atoms with van der Waals surface area (Å²) in [5, 5.41) is 3.12. The van der Waals surface area contributed by atoms with Crippen LogP contribution in [0.2, 0.25) is 0 Å². The number of ether oxygens (including phenoxy) is 2. The summed E-state index contributed by atoms with van der Waals surface area (Å²) >= 11 is 0. The van der Waals surface area contributed by atoms with Crippen LogP contribution in [-0.2, 0) is 16.4 Å².